The average Bonchev–Trinajstić information content (AvgIpc) is 2.98. The molecule has 0 aliphatic heterocycles. The van der Waals surface area contributed by atoms with Crippen LogP contribution >= 0.6 is 0 Å². The van der Waals surface area contributed by atoms with E-state index in [1.165, 1.54) is 44.9 Å². The maximum Gasteiger partial charge on any atom is 0.137 e. The van der Waals surface area contributed by atoms with Gasteiger partial charge in [0.2, 0.25) is 0 Å². The fraction of sp³-hybridized carbons (Fsp3) is 0.926. The molecule has 4 rings (SSSR count). The van der Waals surface area contributed by atoms with Crippen molar-refractivity contribution in [3.8, 4) is 0 Å². The van der Waals surface area contributed by atoms with E-state index < -0.39 is 0 Å². The van der Waals surface area contributed by atoms with Crippen molar-refractivity contribution < 1.29 is 9.59 Å². The lowest BCUT2D eigenvalue weighted by Crippen LogP contribution is -2.57. The van der Waals surface area contributed by atoms with E-state index in [1.54, 1.807) is 0 Å². The van der Waals surface area contributed by atoms with Crippen LogP contribution in [-0.2, 0) is 9.59 Å². The number of rotatable bonds is 5. The molecule has 2 nitrogen and oxygen atoms in total. The number of carbonyl (C=O) groups excluding carboxylic acids is 2. The number of carbonyl (C=O) groups is 2. The number of hydrogen-bond acceptors (Lipinski definition) is 2. The van der Waals surface area contributed by atoms with Gasteiger partial charge in [0, 0.05) is 25.2 Å². The Morgan fingerprint density at radius 1 is 0.966 bits per heavy atom. The molecule has 0 radical (unpaired) electrons. The van der Waals surface area contributed by atoms with Gasteiger partial charge in [-0.1, -0.05) is 53.9 Å². The summed E-state index contributed by atoms with van der Waals surface area (Å²) in [7, 11) is 0. The molecule has 29 heavy (non-hydrogen) atoms. The first kappa shape index (κ1) is 21.6. The lowest BCUT2D eigenvalue weighted by atomic mass is 9.44. The Balaban J connectivity index is 1.53. The Kier molecular flexibility index (Phi) is 5.79. The van der Waals surface area contributed by atoms with E-state index in [0.29, 0.717) is 29.8 Å². The van der Waals surface area contributed by atoms with E-state index in [-0.39, 0.29) is 16.7 Å². The predicted molar refractivity (Wildman–Crippen MR) is 118 cm³/mol. The van der Waals surface area contributed by atoms with Gasteiger partial charge in [-0.3, -0.25) is 9.59 Å². The quantitative estimate of drug-likeness (QED) is 0.505. The molecule has 4 fully saturated rings. The molecule has 8 atom stereocenters. The molecule has 2 heteroatoms. The maximum absolute atomic E-state index is 13.7. The highest BCUT2D eigenvalue weighted by Crippen LogP contribution is 2.67. The maximum atomic E-state index is 13.7. The number of fused-ring (bicyclic) bond motifs is 5. The van der Waals surface area contributed by atoms with Crippen LogP contribution in [0.5, 0.6) is 0 Å². The molecule has 0 bridgehead atoms. The van der Waals surface area contributed by atoms with Crippen LogP contribution in [0.4, 0.5) is 0 Å². The van der Waals surface area contributed by atoms with Crippen LogP contribution in [0.2, 0.25) is 0 Å². The summed E-state index contributed by atoms with van der Waals surface area (Å²) in [6.45, 7) is 12.0. The van der Waals surface area contributed by atoms with Crippen molar-refractivity contribution in [1.29, 1.82) is 0 Å². The Morgan fingerprint density at radius 2 is 1.72 bits per heavy atom. The highest BCUT2D eigenvalue weighted by atomic mass is 16.1. The molecule has 0 unspecified atom stereocenters. The molecule has 4 saturated carbocycles. The molecule has 0 heterocycles. The minimum Gasteiger partial charge on any atom is -0.300 e. The Morgan fingerprint density at radius 3 is 2.45 bits per heavy atom. The molecule has 0 N–H and O–H groups in total. The summed E-state index contributed by atoms with van der Waals surface area (Å²) in [6, 6.07) is 0. The second-order valence-corrected chi connectivity index (χ2v) is 12.4. The minimum atomic E-state index is 0.0935. The number of ketones is 2. The molecule has 0 amide bonds. The summed E-state index contributed by atoms with van der Waals surface area (Å²) in [5.41, 5.74) is 0.319. The van der Waals surface area contributed by atoms with E-state index in [2.05, 4.69) is 34.6 Å². The minimum absolute atomic E-state index is 0.0935. The standard InChI is InChI=1S/C27H44O2/c1-17(2)7-6-8-18(3)22-11-12-23-21-10-9-19-15-20(28)13-14-26(19,4)25(21)24(29)16-27(22,23)5/h17-19,21-23,25H,6-16H2,1-5H3/t18-,19+,21+,22-,23-,25-,26+,27-/m1/s1. The third-order valence-corrected chi connectivity index (χ3v) is 10.4. The van der Waals surface area contributed by atoms with Gasteiger partial charge in [0.25, 0.3) is 0 Å². The smallest absolute Gasteiger partial charge is 0.137 e. The van der Waals surface area contributed by atoms with Crippen LogP contribution in [-0.4, -0.2) is 11.6 Å². The molecule has 4 aliphatic carbocycles. The highest BCUT2D eigenvalue weighted by Gasteiger charge is 2.63. The van der Waals surface area contributed by atoms with Crippen LogP contribution < -0.4 is 0 Å². The molecule has 4 aliphatic rings. The molecule has 0 aromatic carbocycles. The predicted octanol–water partition coefficient (Wildman–Crippen LogP) is 6.86. The van der Waals surface area contributed by atoms with Gasteiger partial charge in [0.05, 0.1) is 0 Å². The molecule has 164 valence electrons. The first-order valence-electron chi connectivity index (χ1n) is 12.7. The molecule has 0 spiro atoms. The van der Waals surface area contributed by atoms with Crippen molar-refractivity contribution in [2.75, 3.05) is 0 Å². The zero-order valence-electron chi connectivity index (χ0n) is 19.6. The highest BCUT2D eigenvalue weighted by molar-refractivity contribution is 5.85. The largest absolute Gasteiger partial charge is 0.300 e. The lowest BCUT2D eigenvalue weighted by Gasteiger charge is -2.59. The van der Waals surface area contributed by atoms with E-state index in [0.717, 1.165) is 42.9 Å². The van der Waals surface area contributed by atoms with Gasteiger partial charge in [-0.25, -0.2) is 0 Å². The topological polar surface area (TPSA) is 34.1 Å². The summed E-state index contributed by atoms with van der Waals surface area (Å²) in [5, 5.41) is 0. The normalized spacial score (nSPS) is 45.7. The molecule has 0 saturated heterocycles. The first-order chi connectivity index (χ1) is 13.7. The van der Waals surface area contributed by atoms with Crippen LogP contribution in [0.15, 0.2) is 0 Å². The summed E-state index contributed by atoms with van der Waals surface area (Å²) >= 11 is 0. The van der Waals surface area contributed by atoms with Crippen LogP contribution in [0, 0.1) is 52.3 Å². The number of Topliss-reactive ketones (excluding diaryl/α,β-unsaturated/α-hetero) is 2. The van der Waals surface area contributed by atoms with E-state index >= 15 is 0 Å². The fourth-order valence-corrected chi connectivity index (χ4v) is 8.88. The Hall–Kier alpha value is -0.660. The van der Waals surface area contributed by atoms with E-state index in [4.69, 9.17) is 0 Å². The van der Waals surface area contributed by atoms with Gasteiger partial charge in [-0.15, -0.1) is 0 Å². The van der Waals surface area contributed by atoms with Crippen molar-refractivity contribution in [3.63, 3.8) is 0 Å². The molecular formula is C27H44O2. The summed E-state index contributed by atoms with van der Waals surface area (Å²) < 4.78 is 0. The Bertz CT molecular complexity index is 651. The summed E-state index contributed by atoms with van der Waals surface area (Å²) in [4.78, 5) is 25.8. The van der Waals surface area contributed by atoms with Crippen molar-refractivity contribution in [1.82, 2.24) is 0 Å². The van der Waals surface area contributed by atoms with Gasteiger partial charge in [0.15, 0.2) is 0 Å². The lowest BCUT2D eigenvalue weighted by molar-refractivity contribution is -0.161. The van der Waals surface area contributed by atoms with E-state index in [1.807, 2.05) is 0 Å². The molecule has 0 aromatic heterocycles. The van der Waals surface area contributed by atoms with Gasteiger partial charge < -0.3 is 0 Å². The van der Waals surface area contributed by atoms with Crippen molar-refractivity contribution in [3.05, 3.63) is 0 Å². The SMILES string of the molecule is CC(C)CCC[C@@H](C)[C@H]1CC[C@@H]2[C@@H]3CC[C@H]4CC(=O)CC[C@]4(C)[C@H]3C(=O)C[C@@]21C. The van der Waals surface area contributed by atoms with Crippen molar-refractivity contribution >= 4 is 11.6 Å². The fourth-order valence-electron chi connectivity index (χ4n) is 8.88. The Labute approximate surface area is 179 Å². The zero-order chi connectivity index (χ0) is 21.0. The molecular weight excluding hydrogens is 356 g/mol. The van der Waals surface area contributed by atoms with Gasteiger partial charge in [-0.05, 0) is 78.4 Å². The molecule has 0 aromatic rings. The monoisotopic (exact) mass is 400 g/mol. The van der Waals surface area contributed by atoms with Gasteiger partial charge in [0.1, 0.15) is 11.6 Å². The van der Waals surface area contributed by atoms with Crippen molar-refractivity contribution in [2.45, 2.75) is 105 Å². The first-order valence-corrected chi connectivity index (χ1v) is 12.7. The number of hydrogen-bond donors (Lipinski definition) is 0. The second-order valence-electron chi connectivity index (χ2n) is 12.4. The van der Waals surface area contributed by atoms with Gasteiger partial charge in [-0.2, -0.15) is 0 Å². The average molecular weight is 401 g/mol. The van der Waals surface area contributed by atoms with Gasteiger partial charge >= 0.3 is 0 Å². The third-order valence-electron chi connectivity index (χ3n) is 10.4. The second kappa shape index (κ2) is 7.79. The summed E-state index contributed by atoms with van der Waals surface area (Å²) in [6.07, 6.45) is 12.3. The third kappa shape index (κ3) is 3.55. The van der Waals surface area contributed by atoms with Crippen LogP contribution in [0.3, 0.4) is 0 Å². The summed E-state index contributed by atoms with van der Waals surface area (Å²) in [5.74, 6) is 5.29. The van der Waals surface area contributed by atoms with Crippen LogP contribution in [0.25, 0.3) is 0 Å². The van der Waals surface area contributed by atoms with Crippen LogP contribution in [0.1, 0.15) is 105 Å². The van der Waals surface area contributed by atoms with Crippen molar-refractivity contribution in [2.24, 2.45) is 52.3 Å². The zero-order valence-corrected chi connectivity index (χ0v) is 19.6. The van der Waals surface area contributed by atoms with E-state index in [9.17, 15) is 9.59 Å².